The zero-order valence-corrected chi connectivity index (χ0v) is 11.1. The standard InChI is InChI=1S/C16H18N2O/c1-12-3-2-4-15(9-12)19-16-7-8-17-10-13(16)11-18-14-5-6-14/h2-4,7-10,14,18H,5-6,11H2,1H3. The van der Waals surface area contributed by atoms with Crippen molar-refractivity contribution in [2.75, 3.05) is 0 Å². The molecule has 3 nitrogen and oxygen atoms in total. The molecule has 0 unspecified atom stereocenters. The van der Waals surface area contributed by atoms with Crippen LogP contribution in [0.3, 0.4) is 0 Å². The van der Waals surface area contributed by atoms with E-state index in [1.54, 1.807) is 6.20 Å². The highest BCUT2D eigenvalue weighted by atomic mass is 16.5. The molecule has 1 heterocycles. The van der Waals surface area contributed by atoms with Gasteiger partial charge in [0, 0.05) is 30.5 Å². The molecule has 0 amide bonds. The molecule has 0 bridgehead atoms. The van der Waals surface area contributed by atoms with E-state index in [1.807, 2.05) is 30.5 Å². The van der Waals surface area contributed by atoms with Gasteiger partial charge in [0.25, 0.3) is 0 Å². The van der Waals surface area contributed by atoms with Crippen LogP contribution in [0.2, 0.25) is 0 Å². The summed E-state index contributed by atoms with van der Waals surface area (Å²) in [5, 5.41) is 3.49. The topological polar surface area (TPSA) is 34.1 Å². The number of ether oxygens (including phenoxy) is 1. The van der Waals surface area contributed by atoms with Crippen molar-refractivity contribution in [3.63, 3.8) is 0 Å². The Morgan fingerprint density at radius 3 is 3.00 bits per heavy atom. The van der Waals surface area contributed by atoms with Crippen LogP contribution in [0.1, 0.15) is 24.0 Å². The molecule has 1 saturated carbocycles. The summed E-state index contributed by atoms with van der Waals surface area (Å²) >= 11 is 0. The minimum atomic E-state index is 0.687. The van der Waals surface area contributed by atoms with Gasteiger partial charge >= 0.3 is 0 Å². The number of hydrogen-bond donors (Lipinski definition) is 1. The lowest BCUT2D eigenvalue weighted by atomic mass is 10.2. The molecule has 0 saturated heterocycles. The fourth-order valence-corrected chi connectivity index (χ4v) is 1.99. The number of aromatic nitrogens is 1. The molecule has 2 aromatic rings. The van der Waals surface area contributed by atoms with Crippen molar-refractivity contribution in [3.8, 4) is 11.5 Å². The van der Waals surface area contributed by atoms with Crippen molar-refractivity contribution in [2.45, 2.75) is 32.4 Å². The normalized spacial score (nSPS) is 14.4. The monoisotopic (exact) mass is 254 g/mol. The van der Waals surface area contributed by atoms with Gasteiger partial charge in [0.2, 0.25) is 0 Å². The fraction of sp³-hybridized carbons (Fsp3) is 0.312. The lowest BCUT2D eigenvalue weighted by Gasteiger charge is -2.11. The van der Waals surface area contributed by atoms with Gasteiger partial charge in [0.05, 0.1) is 0 Å². The molecular weight excluding hydrogens is 236 g/mol. The van der Waals surface area contributed by atoms with E-state index in [9.17, 15) is 0 Å². The molecule has 1 aliphatic rings. The van der Waals surface area contributed by atoms with Gasteiger partial charge in [-0.25, -0.2) is 0 Å². The van der Waals surface area contributed by atoms with Gasteiger partial charge in [-0.2, -0.15) is 0 Å². The van der Waals surface area contributed by atoms with Gasteiger partial charge in [-0.15, -0.1) is 0 Å². The Bertz CT molecular complexity index is 564. The van der Waals surface area contributed by atoms with Crippen molar-refractivity contribution in [2.24, 2.45) is 0 Å². The third-order valence-electron chi connectivity index (χ3n) is 3.23. The molecule has 19 heavy (non-hydrogen) atoms. The summed E-state index contributed by atoms with van der Waals surface area (Å²) in [6.45, 7) is 2.88. The summed E-state index contributed by atoms with van der Waals surface area (Å²) in [7, 11) is 0. The summed E-state index contributed by atoms with van der Waals surface area (Å²) in [6, 6.07) is 10.7. The molecule has 3 heteroatoms. The van der Waals surface area contributed by atoms with Crippen LogP contribution >= 0.6 is 0 Å². The fourth-order valence-electron chi connectivity index (χ4n) is 1.99. The molecule has 1 fully saturated rings. The maximum atomic E-state index is 5.96. The van der Waals surface area contributed by atoms with Crippen LogP contribution in [0, 0.1) is 6.92 Å². The Balaban J connectivity index is 1.75. The molecular formula is C16H18N2O. The number of benzene rings is 1. The molecule has 0 spiro atoms. The minimum Gasteiger partial charge on any atom is -0.457 e. The predicted octanol–water partition coefficient (Wildman–Crippen LogP) is 3.43. The second-order valence-electron chi connectivity index (χ2n) is 5.06. The first-order chi connectivity index (χ1) is 9.31. The smallest absolute Gasteiger partial charge is 0.134 e. The molecule has 1 aromatic carbocycles. The molecule has 1 N–H and O–H groups in total. The quantitative estimate of drug-likeness (QED) is 0.887. The molecule has 1 aromatic heterocycles. The Hall–Kier alpha value is -1.87. The average Bonchev–Trinajstić information content (AvgIpc) is 3.22. The van der Waals surface area contributed by atoms with Crippen LogP contribution in [0.4, 0.5) is 0 Å². The van der Waals surface area contributed by atoms with Crippen molar-refractivity contribution >= 4 is 0 Å². The number of hydrogen-bond acceptors (Lipinski definition) is 3. The molecule has 1 aliphatic carbocycles. The number of nitrogens with zero attached hydrogens (tertiary/aromatic N) is 1. The van der Waals surface area contributed by atoms with Crippen molar-refractivity contribution in [1.29, 1.82) is 0 Å². The summed E-state index contributed by atoms with van der Waals surface area (Å²) < 4.78 is 5.96. The van der Waals surface area contributed by atoms with E-state index in [0.29, 0.717) is 6.04 Å². The van der Waals surface area contributed by atoms with Crippen molar-refractivity contribution in [3.05, 3.63) is 53.9 Å². The van der Waals surface area contributed by atoms with Gasteiger partial charge in [-0.05, 0) is 43.5 Å². The number of nitrogens with one attached hydrogen (secondary N) is 1. The largest absolute Gasteiger partial charge is 0.457 e. The Kier molecular flexibility index (Phi) is 3.47. The van der Waals surface area contributed by atoms with E-state index in [4.69, 9.17) is 4.74 Å². The first-order valence-corrected chi connectivity index (χ1v) is 6.72. The highest BCUT2D eigenvalue weighted by Gasteiger charge is 2.20. The van der Waals surface area contributed by atoms with Crippen LogP contribution in [0.5, 0.6) is 11.5 Å². The highest BCUT2D eigenvalue weighted by molar-refractivity contribution is 5.37. The SMILES string of the molecule is Cc1cccc(Oc2ccncc2CNC2CC2)c1. The second kappa shape index (κ2) is 5.41. The number of aryl methyl sites for hydroxylation is 1. The zero-order chi connectivity index (χ0) is 13.1. The van der Waals surface area contributed by atoms with Gasteiger partial charge in [0.15, 0.2) is 0 Å². The van der Waals surface area contributed by atoms with Crippen LogP contribution in [-0.2, 0) is 6.54 Å². The second-order valence-corrected chi connectivity index (χ2v) is 5.06. The third kappa shape index (κ3) is 3.32. The predicted molar refractivity (Wildman–Crippen MR) is 75.4 cm³/mol. The molecule has 0 atom stereocenters. The van der Waals surface area contributed by atoms with Crippen LogP contribution in [-0.4, -0.2) is 11.0 Å². The molecule has 0 aliphatic heterocycles. The Labute approximate surface area is 113 Å². The van der Waals surface area contributed by atoms with Gasteiger partial charge in [-0.3, -0.25) is 4.98 Å². The summed E-state index contributed by atoms with van der Waals surface area (Å²) in [6.07, 6.45) is 6.22. The zero-order valence-electron chi connectivity index (χ0n) is 11.1. The maximum Gasteiger partial charge on any atom is 0.134 e. The van der Waals surface area contributed by atoms with Gasteiger partial charge in [0.1, 0.15) is 11.5 Å². The lowest BCUT2D eigenvalue weighted by molar-refractivity contribution is 0.471. The number of pyridine rings is 1. The van der Waals surface area contributed by atoms with E-state index < -0.39 is 0 Å². The van der Waals surface area contributed by atoms with Gasteiger partial charge < -0.3 is 10.1 Å². The van der Waals surface area contributed by atoms with E-state index in [0.717, 1.165) is 23.6 Å². The highest BCUT2D eigenvalue weighted by Crippen LogP contribution is 2.26. The summed E-state index contributed by atoms with van der Waals surface area (Å²) in [5.41, 5.74) is 2.31. The summed E-state index contributed by atoms with van der Waals surface area (Å²) in [4.78, 5) is 4.18. The van der Waals surface area contributed by atoms with Crippen LogP contribution < -0.4 is 10.1 Å². The van der Waals surface area contributed by atoms with E-state index in [2.05, 4.69) is 23.3 Å². The Morgan fingerprint density at radius 1 is 1.32 bits per heavy atom. The lowest BCUT2D eigenvalue weighted by Crippen LogP contribution is -2.15. The molecule has 3 rings (SSSR count). The van der Waals surface area contributed by atoms with Crippen LogP contribution in [0.15, 0.2) is 42.7 Å². The summed E-state index contributed by atoms with van der Waals surface area (Å²) in [5.74, 6) is 1.76. The molecule has 98 valence electrons. The first-order valence-electron chi connectivity index (χ1n) is 6.72. The van der Waals surface area contributed by atoms with E-state index in [-0.39, 0.29) is 0 Å². The Morgan fingerprint density at radius 2 is 2.21 bits per heavy atom. The van der Waals surface area contributed by atoms with Crippen LogP contribution in [0.25, 0.3) is 0 Å². The molecule has 0 radical (unpaired) electrons. The van der Waals surface area contributed by atoms with Crippen molar-refractivity contribution < 1.29 is 4.74 Å². The maximum absolute atomic E-state index is 5.96. The third-order valence-corrected chi connectivity index (χ3v) is 3.23. The van der Waals surface area contributed by atoms with Gasteiger partial charge in [-0.1, -0.05) is 12.1 Å². The number of rotatable bonds is 5. The minimum absolute atomic E-state index is 0.687. The van der Waals surface area contributed by atoms with E-state index >= 15 is 0 Å². The van der Waals surface area contributed by atoms with Crippen molar-refractivity contribution in [1.82, 2.24) is 10.3 Å². The average molecular weight is 254 g/mol. The van der Waals surface area contributed by atoms with E-state index in [1.165, 1.54) is 18.4 Å². The first kappa shape index (κ1) is 12.2.